The van der Waals surface area contributed by atoms with Crippen molar-refractivity contribution >= 4 is 134 Å². The van der Waals surface area contributed by atoms with E-state index in [4.69, 9.17) is 11.5 Å². The van der Waals surface area contributed by atoms with E-state index in [1.807, 2.05) is 0 Å². The Labute approximate surface area is 669 Å². The Hall–Kier alpha value is -8.08. The Bertz CT molecular complexity index is 3410. The first-order valence-electron chi connectivity index (χ1n) is 39.5. The smallest absolute Gasteiger partial charge is 0.305 e. The van der Waals surface area contributed by atoms with Crippen molar-refractivity contribution in [2.75, 3.05) is 49.8 Å². The first-order valence-corrected chi connectivity index (χ1v) is 43.4. The van der Waals surface area contributed by atoms with Crippen LogP contribution in [0.15, 0.2) is 0 Å². The third-order valence-electron chi connectivity index (χ3n) is 22.3. The summed E-state index contributed by atoms with van der Waals surface area (Å²) in [6.45, 7) is 5.76. The number of rotatable bonds is 31. The topological polar surface area (TPSA) is 575 Å². The lowest BCUT2D eigenvalue weighted by atomic mass is 9.77. The van der Waals surface area contributed by atoms with Crippen LogP contribution in [0.5, 0.6) is 0 Å². The van der Waals surface area contributed by atoms with Crippen LogP contribution in [0.1, 0.15) is 175 Å². The van der Waals surface area contributed by atoms with Gasteiger partial charge in [-0.1, -0.05) is 93.2 Å². The number of carboxylic acids is 2. The molecule has 0 aromatic carbocycles. The number of carbonyl (C=O) groups is 17. The molecule has 4 saturated heterocycles. The molecule has 0 radical (unpaired) electrons. The third-order valence-corrected chi connectivity index (χ3v) is 25.4. The summed E-state index contributed by atoms with van der Waals surface area (Å²) in [6.07, 6.45) is 10.1. The molecule has 37 nitrogen and oxygen atoms in total. The molecule has 7 aliphatic rings. The number of hydrogen-bond donors (Lipinski definition) is 19. The van der Waals surface area contributed by atoms with Gasteiger partial charge in [-0.15, -0.1) is 0 Å². The van der Waals surface area contributed by atoms with E-state index in [1.54, 1.807) is 20.1 Å². The number of nitrogens with one attached hydrogen (secondary N) is 14. The molecule has 21 N–H and O–H groups in total. The number of aliphatic hydroxyl groups is 1. The van der Waals surface area contributed by atoms with E-state index in [9.17, 15) is 72.9 Å². The van der Waals surface area contributed by atoms with Crippen LogP contribution in [-0.2, 0) is 81.5 Å². The second-order valence-electron chi connectivity index (χ2n) is 31.4. The summed E-state index contributed by atoms with van der Waals surface area (Å²) in [5.41, 5.74) is 11.3. The number of likely N-dealkylation sites (tertiary alicyclic amines) is 1. The molecule has 3 saturated carbocycles. The average molecular weight is 1650 g/mol. The molecule has 0 spiro atoms. The van der Waals surface area contributed by atoms with Crippen molar-refractivity contribution in [3.63, 3.8) is 0 Å². The molecule has 0 aromatic heterocycles. The fourth-order valence-corrected chi connectivity index (χ4v) is 19.3. The summed E-state index contributed by atoms with van der Waals surface area (Å²) in [6, 6.07) is -20.4. The number of nitrogens with two attached hydrogens (primary N) is 2. The van der Waals surface area contributed by atoms with E-state index in [0.29, 0.717) is 31.7 Å². The number of fused-ring (bicyclic) bond motifs is 2. The summed E-state index contributed by atoms with van der Waals surface area (Å²) < 4.78 is 0. The molecule has 40 heteroatoms. The maximum Gasteiger partial charge on any atom is 0.305 e. The summed E-state index contributed by atoms with van der Waals surface area (Å²) in [5, 5.41) is 68.2. The van der Waals surface area contributed by atoms with Crippen LogP contribution in [0, 0.1) is 35.5 Å². The molecule has 7 fully saturated rings. The number of carbonyl (C=O) groups excluding carboxylic acids is 15. The van der Waals surface area contributed by atoms with Gasteiger partial charge in [-0.3, -0.25) is 81.5 Å². The lowest BCUT2D eigenvalue weighted by Gasteiger charge is -2.32. The van der Waals surface area contributed by atoms with E-state index in [0.717, 1.165) is 104 Å². The van der Waals surface area contributed by atoms with Gasteiger partial charge in [0.25, 0.3) is 0 Å². The normalized spacial score (nSPS) is 28.5. The van der Waals surface area contributed by atoms with Gasteiger partial charge >= 0.3 is 11.9 Å². The molecule has 113 heavy (non-hydrogen) atoms. The number of primary amides is 2. The predicted molar refractivity (Wildman–Crippen MR) is 416 cm³/mol. The summed E-state index contributed by atoms with van der Waals surface area (Å²) in [4.78, 5) is 240. The van der Waals surface area contributed by atoms with Crippen LogP contribution in [0.2, 0.25) is 0 Å². The summed E-state index contributed by atoms with van der Waals surface area (Å²) in [5.74, 6) is -19.2. The molecule has 0 aromatic rings. The molecule has 3 aliphatic carbocycles. The van der Waals surface area contributed by atoms with Gasteiger partial charge in [0.15, 0.2) is 0 Å². The first kappa shape index (κ1) is 92.1. The lowest BCUT2D eigenvalue weighted by Crippen LogP contribution is -2.61. The molecule has 19 atom stereocenters. The molecule has 0 bridgehead atoms. The number of aliphatic carboxylic acids is 2. The van der Waals surface area contributed by atoms with Crippen LogP contribution in [0.25, 0.3) is 0 Å². The zero-order chi connectivity index (χ0) is 82.8. The van der Waals surface area contributed by atoms with Gasteiger partial charge in [-0.2, -0.15) is 11.8 Å². The van der Waals surface area contributed by atoms with Crippen molar-refractivity contribution in [2.45, 2.75) is 266 Å². The monoisotopic (exact) mass is 1650 g/mol. The predicted octanol–water partition coefficient (Wildman–Crippen LogP) is -3.36. The lowest BCUT2D eigenvalue weighted by molar-refractivity contribution is -0.142. The van der Waals surface area contributed by atoms with Crippen LogP contribution in [0.3, 0.4) is 0 Å². The van der Waals surface area contributed by atoms with Crippen molar-refractivity contribution in [3.8, 4) is 0 Å². The quantitative estimate of drug-likeness (QED) is 0.0301. The van der Waals surface area contributed by atoms with Gasteiger partial charge in [0, 0.05) is 37.1 Å². The van der Waals surface area contributed by atoms with E-state index in [1.165, 1.54) is 18.7 Å². The van der Waals surface area contributed by atoms with Crippen LogP contribution in [0.4, 0.5) is 0 Å². The van der Waals surface area contributed by atoms with Crippen molar-refractivity contribution in [2.24, 2.45) is 47.0 Å². The Balaban J connectivity index is 1.29. The van der Waals surface area contributed by atoms with Crippen LogP contribution >= 0.6 is 33.3 Å². The molecular weight excluding hydrogens is 1530 g/mol. The van der Waals surface area contributed by atoms with Crippen molar-refractivity contribution in [1.29, 1.82) is 0 Å². The molecular formula is C73H117N17O20S3. The molecule has 15 amide bonds. The van der Waals surface area contributed by atoms with Crippen molar-refractivity contribution in [3.05, 3.63) is 0 Å². The third kappa shape index (κ3) is 28.4. The number of hydrogen-bond acceptors (Lipinski definition) is 23. The number of nitrogens with zero attached hydrogens (tertiary/aromatic N) is 1. The van der Waals surface area contributed by atoms with Gasteiger partial charge in [0.05, 0.1) is 25.9 Å². The molecule has 632 valence electrons. The molecule has 6 unspecified atom stereocenters. The minimum Gasteiger partial charge on any atom is -0.481 e. The van der Waals surface area contributed by atoms with E-state index < -0.39 is 216 Å². The van der Waals surface area contributed by atoms with Crippen LogP contribution < -0.4 is 85.9 Å². The van der Waals surface area contributed by atoms with E-state index in [-0.39, 0.29) is 99.1 Å². The Morgan fingerprint density at radius 2 is 1.06 bits per heavy atom. The van der Waals surface area contributed by atoms with Gasteiger partial charge in [-0.25, -0.2) is 0 Å². The SMILES string of the molecule is CSCC[C@H](NC(C)=O)C(=O)N[C@@H](CO)C(=O)N[C@@H](CC(=O)O)C(=O)N[C@H]1CSSC[C@@H](C(=O)N2CCC[C@H]2C(=O)N[C@@H](CC2CCCCC2)C(=O)N[C@@H](CC(=O)O)C(N)=O)NC(=O)[C@H](CC(N)=O)NC(=O)[C@H](CC2CNC3CCCCC23)NC(=O)[C@H](C)NC(=O)[C@H](CC(C)C)NC(=O)[C@H](CC2CNC3CCCCC23)NC1=O. The Morgan fingerprint density at radius 3 is 1.63 bits per heavy atom. The molecule has 7 rings (SSSR count). The van der Waals surface area contributed by atoms with Crippen molar-refractivity contribution < 1.29 is 96.8 Å². The van der Waals surface area contributed by atoms with Gasteiger partial charge in [0.1, 0.15) is 78.5 Å². The van der Waals surface area contributed by atoms with Crippen molar-refractivity contribution in [1.82, 2.24) is 79.3 Å². The largest absolute Gasteiger partial charge is 0.481 e. The zero-order valence-electron chi connectivity index (χ0n) is 64.9. The zero-order valence-corrected chi connectivity index (χ0v) is 67.4. The Morgan fingerprint density at radius 1 is 0.549 bits per heavy atom. The Kier molecular flexibility index (Phi) is 36.9. The minimum atomic E-state index is -2.07. The van der Waals surface area contributed by atoms with Gasteiger partial charge in [0.2, 0.25) is 88.6 Å². The number of aliphatic hydroxyl groups excluding tert-OH is 1. The van der Waals surface area contributed by atoms with Gasteiger partial charge < -0.3 is 106 Å². The van der Waals surface area contributed by atoms with Gasteiger partial charge in [-0.05, 0) is 138 Å². The standard InChI is InChI=1S/C73H117N17O20S3/c1-36(2)24-48-64(101)78-37(3)62(99)81-50(26-40-31-76-44-18-11-9-16-42(40)44)66(103)84-52(28-58(74)93)68(105)89-56(73(110)90-22-13-20-57(90)72(109)86-49(25-39-14-7-6-8-15-39)65(102)80-47(61(75)98)29-59(94)95)35-113-112-34-55(71(108)83-51(67(104)82-48)27-41-32-77-45-19-12-10-17-43(41)45)88-69(106)53(30-60(96)97)85-70(107)54(33-91)87-63(100)46(21-23-111-5)79-38(4)92/h36-37,39-57,76-77,91H,6-35H2,1-5H3,(H2,74,93)(H2,75,98)(H,78,101)(H,79,92)(H,80,102)(H,81,99)(H,82,104)(H,83,108)(H,84,103)(H,85,107)(H,86,109)(H,87,100)(H,88,106)(H,89,105)(H,94,95)(H,96,97)/t37-,40?,41?,42?,43?,44?,45?,46-,47-,48-,49-,50-,51-,52-,53-,54-,55-,56-,57-/m0/s1. The summed E-state index contributed by atoms with van der Waals surface area (Å²) in [7, 11) is 1.60. The van der Waals surface area contributed by atoms with E-state index in [2.05, 4.69) is 74.4 Å². The summed E-state index contributed by atoms with van der Waals surface area (Å²) >= 11 is 1.35. The number of carboxylic acid groups (broad SMARTS) is 2. The highest BCUT2D eigenvalue weighted by atomic mass is 33.1. The highest BCUT2D eigenvalue weighted by molar-refractivity contribution is 8.76. The van der Waals surface area contributed by atoms with E-state index >= 15 is 24.0 Å². The molecule has 4 heterocycles. The highest BCUT2D eigenvalue weighted by Crippen LogP contribution is 2.39. The van der Waals surface area contributed by atoms with Crippen LogP contribution in [-0.4, -0.2) is 261 Å². The second-order valence-corrected chi connectivity index (χ2v) is 34.9. The average Bonchev–Trinajstić information content (AvgIpc) is 1.69. The second kappa shape index (κ2) is 45.3. The first-order chi connectivity index (χ1) is 53.7. The maximum absolute atomic E-state index is 15.5. The highest BCUT2D eigenvalue weighted by Gasteiger charge is 2.46. The fourth-order valence-electron chi connectivity index (χ4n) is 16.5. The minimum absolute atomic E-state index is 0.00190. The fraction of sp³-hybridized carbons (Fsp3) is 0.767. The maximum atomic E-state index is 15.5. The molecule has 4 aliphatic heterocycles. The number of thioether (sulfide) groups is 1. The number of amides is 15.